The number of carboxylic acids is 1. The van der Waals surface area contributed by atoms with E-state index in [0.717, 1.165) is 12.0 Å². The molecule has 2 fully saturated rings. The zero-order valence-electron chi connectivity index (χ0n) is 11.0. The van der Waals surface area contributed by atoms with Crippen molar-refractivity contribution >= 4 is 5.97 Å². The molecule has 1 aromatic heterocycles. The average Bonchev–Trinajstić information content (AvgIpc) is 2.74. The highest BCUT2D eigenvalue weighted by Crippen LogP contribution is 2.58. The van der Waals surface area contributed by atoms with Crippen molar-refractivity contribution in [2.75, 3.05) is 6.54 Å². The van der Waals surface area contributed by atoms with Crippen molar-refractivity contribution in [2.24, 2.45) is 5.41 Å². The highest BCUT2D eigenvalue weighted by Gasteiger charge is 2.57. The van der Waals surface area contributed by atoms with E-state index in [0.29, 0.717) is 13.0 Å². The lowest BCUT2D eigenvalue weighted by molar-refractivity contribution is -0.174. The summed E-state index contributed by atoms with van der Waals surface area (Å²) in [6.07, 6.45) is 4.70. The summed E-state index contributed by atoms with van der Waals surface area (Å²) in [6, 6.07) is -0.0117. The average molecular weight is 285 g/mol. The van der Waals surface area contributed by atoms with Crippen molar-refractivity contribution in [1.82, 2.24) is 15.1 Å². The molecule has 0 amide bonds. The standard InChI is InChI=1S/C13H17F2N3O2/c14-13(15)7-12(8-13)1-2-16-10(3-12)9-4-17-18(5-9)6-11(19)20/h4-5,10,16H,1-3,6-8H2,(H,19,20). The first-order valence-corrected chi connectivity index (χ1v) is 6.73. The summed E-state index contributed by atoms with van der Waals surface area (Å²) in [7, 11) is 0. The first-order valence-electron chi connectivity index (χ1n) is 6.73. The van der Waals surface area contributed by atoms with E-state index in [4.69, 9.17) is 5.11 Å². The number of carboxylic acid groups (broad SMARTS) is 1. The number of alkyl halides is 2. The monoisotopic (exact) mass is 285 g/mol. The summed E-state index contributed by atoms with van der Waals surface area (Å²) in [5.74, 6) is -3.46. The molecule has 1 saturated carbocycles. The van der Waals surface area contributed by atoms with Gasteiger partial charge in [-0.3, -0.25) is 9.48 Å². The molecule has 1 saturated heterocycles. The molecule has 1 spiro atoms. The summed E-state index contributed by atoms with van der Waals surface area (Å²) in [6.45, 7) is 0.529. The van der Waals surface area contributed by atoms with Crippen molar-refractivity contribution in [1.29, 1.82) is 0 Å². The molecular formula is C13H17F2N3O2. The Labute approximate surface area is 115 Å². The number of aromatic nitrogens is 2. The molecule has 1 aliphatic carbocycles. The van der Waals surface area contributed by atoms with Crippen LogP contribution in [0, 0.1) is 5.41 Å². The maximum Gasteiger partial charge on any atom is 0.325 e. The van der Waals surface area contributed by atoms with Crippen LogP contribution in [0.2, 0.25) is 0 Å². The van der Waals surface area contributed by atoms with Gasteiger partial charge in [0.15, 0.2) is 0 Å². The number of hydrogen-bond donors (Lipinski definition) is 2. The molecule has 2 aliphatic rings. The van der Waals surface area contributed by atoms with E-state index < -0.39 is 11.9 Å². The predicted octanol–water partition coefficient (Wildman–Crippen LogP) is 1.81. The molecule has 110 valence electrons. The van der Waals surface area contributed by atoms with Crippen LogP contribution >= 0.6 is 0 Å². The lowest BCUT2D eigenvalue weighted by atomic mass is 9.59. The maximum absolute atomic E-state index is 13.1. The zero-order valence-corrected chi connectivity index (χ0v) is 11.0. The Hall–Kier alpha value is -1.50. The molecule has 0 aromatic carbocycles. The SMILES string of the molecule is O=C(O)Cn1cc(C2CC3(CCN2)CC(F)(F)C3)cn1. The van der Waals surface area contributed by atoms with Crippen LogP contribution < -0.4 is 5.32 Å². The van der Waals surface area contributed by atoms with Gasteiger partial charge in [-0.1, -0.05) is 0 Å². The first-order chi connectivity index (χ1) is 9.38. The number of halogens is 2. The van der Waals surface area contributed by atoms with Gasteiger partial charge in [-0.15, -0.1) is 0 Å². The van der Waals surface area contributed by atoms with Gasteiger partial charge in [-0.25, -0.2) is 8.78 Å². The molecule has 3 rings (SSSR count). The quantitative estimate of drug-likeness (QED) is 0.889. The highest BCUT2D eigenvalue weighted by atomic mass is 19.3. The van der Waals surface area contributed by atoms with Gasteiger partial charge in [0, 0.05) is 30.6 Å². The molecule has 2 heterocycles. The van der Waals surface area contributed by atoms with Gasteiger partial charge in [-0.2, -0.15) is 5.10 Å². The van der Waals surface area contributed by atoms with Gasteiger partial charge in [-0.05, 0) is 24.8 Å². The van der Waals surface area contributed by atoms with Crippen LogP contribution in [0.1, 0.15) is 37.3 Å². The lowest BCUT2D eigenvalue weighted by Gasteiger charge is -2.51. The number of nitrogens with one attached hydrogen (secondary N) is 1. The molecule has 7 heteroatoms. The number of nitrogens with zero attached hydrogens (tertiary/aromatic N) is 2. The summed E-state index contributed by atoms with van der Waals surface area (Å²) in [4.78, 5) is 10.6. The number of piperidine rings is 1. The second-order valence-electron chi connectivity index (χ2n) is 6.04. The van der Waals surface area contributed by atoms with Gasteiger partial charge in [0.05, 0.1) is 6.20 Å². The summed E-state index contributed by atoms with van der Waals surface area (Å²) >= 11 is 0. The Morgan fingerprint density at radius 3 is 2.95 bits per heavy atom. The first kappa shape index (κ1) is 13.5. The maximum atomic E-state index is 13.1. The van der Waals surface area contributed by atoms with E-state index >= 15 is 0 Å². The zero-order chi connectivity index (χ0) is 14.4. The van der Waals surface area contributed by atoms with Crippen LogP contribution in [0.15, 0.2) is 12.4 Å². The summed E-state index contributed by atoms with van der Waals surface area (Å²) < 4.78 is 27.6. The van der Waals surface area contributed by atoms with E-state index in [1.807, 2.05) is 0 Å². The fraction of sp³-hybridized carbons (Fsp3) is 0.692. The van der Waals surface area contributed by atoms with E-state index in [1.165, 1.54) is 4.68 Å². The van der Waals surface area contributed by atoms with E-state index in [2.05, 4.69) is 10.4 Å². The topological polar surface area (TPSA) is 67.2 Å². The second-order valence-corrected chi connectivity index (χ2v) is 6.04. The highest BCUT2D eigenvalue weighted by molar-refractivity contribution is 5.66. The minimum atomic E-state index is -2.50. The Bertz CT molecular complexity index is 521. The Kier molecular flexibility index (Phi) is 3.04. The van der Waals surface area contributed by atoms with Crippen LogP contribution in [0.3, 0.4) is 0 Å². The smallest absolute Gasteiger partial charge is 0.325 e. The third kappa shape index (κ3) is 2.54. The molecule has 20 heavy (non-hydrogen) atoms. The third-order valence-electron chi connectivity index (χ3n) is 4.30. The van der Waals surface area contributed by atoms with Crippen molar-refractivity contribution < 1.29 is 18.7 Å². The van der Waals surface area contributed by atoms with E-state index in [-0.39, 0.29) is 30.8 Å². The molecule has 2 N–H and O–H groups in total. The summed E-state index contributed by atoms with van der Waals surface area (Å²) in [5.41, 5.74) is 0.620. The molecular weight excluding hydrogens is 268 g/mol. The Morgan fingerprint density at radius 1 is 1.55 bits per heavy atom. The largest absolute Gasteiger partial charge is 0.480 e. The van der Waals surface area contributed by atoms with Crippen molar-refractivity contribution in [3.05, 3.63) is 18.0 Å². The fourth-order valence-electron chi connectivity index (χ4n) is 3.51. The molecule has 1 aromatic rings. The van der Waals surface area contributed by atoms with Crippen molar-refractivity contribution in [3.8, 4) is 0 Å². The van der Waals surface area contributed by atoms with Gasteiger partial charge >= 0.3 is 5.97 Å². The number of carbonyl (C=O) groups is 1. The lowest BCUT2D eigenvalue weighted by Crippen LogP contribution is -2.52. The third-order valence-corrected chi connectivity index (χ3v) is 4.30. The molecule has 1 atom stereocenters. The van der Waals surface area contributed by atoms with Crippen LogP contribution in [-0.2, 0) is 11.3 Å². The minimum absolute atomic E-state index is 0.0117. The predicted molar refractivity (Wildman–Crippen MR) is 66.5 cm³/mol. The Balaban J connectivity index is 1.68. The van der Waals surface area contributed by atoms with Crippen molar-refractivity contribution in [3.63, 3.8) is 0 Å². The van der Waals surface area contributed by atoms with Crippen LogP contribution in [0.5, 0.6) is 0 Å². The van der Waals surface area contributed by atoms with Gasteiger partial charge in [0.25, 0.3) is 0 Å². The van der Waals surface area contributed by atoms with Crippen LogP contribution in [0.4, 0.5) is 8.78 Å². The number of aliphatic carboxylic acids is 1. The van der Waals surface area contributed by atoms with Crippen LogP contribution in [0.25, 0.3) is 0 Å². The van der Waals surface area contributed by atoms with Gasteiger partial charge in [0.1, 0.15) is 6.54 Å². The van der Waals surface area contributed by atoms with Gasteiger partial charge in [0.2, 0.25) is 5.92 Å². The molecule has 5 nitrogen and oxygen atoms in total. The van der Waals surface area contributed by atoms with E-state index in [9.17, 15) is 13.6 Å². The molecule has 1 unspecified atom stereocenters. The number of hydrogen-bond acceptors (Lipinski definition) is 3. The van der Waals surface area contributed by atoms with Gasteiger partial charge < -0.3 is 10.4 Å². The second kappa shape index (κ2) is 4.51. The summed E-state index contributed by atoms with van der Waals surface area (Å²) in [5, 5.41) is 16.0. The number of rotatable bonds is 3. The van der Waals surface area contributed by atoms with E-state index in [1.54, 1.807) is 12.4 Å². The minimum Gasteiger partial charge on any atom is -0.480 e. The Morgan fingerprint density at radius 2 is 2.30 bits per heavy atom. The normalized spacial score (nSPS) is 27.2. The fourth-order valence-corrected chi connectivity index (χ4v) is 3.51. The van der Waals surface area contributed by atoms with Crippen molar-refractivity contribution in [2.45, 2.75) is 44.2 Å². The van der Waals surface area contributed by atoms with Crippen LogP contribution in [-0.4, -0.2) is 33.3 Å². The molecule has 0 radical (unpaired) electrons. The molecule has 1 aliphatic heterocycles. The molecule has 0 bridgehead atoms.